The van der Waals surface area contributed by atoms with Crippen LogP contribution in [0.2, 0.25) is 0 Å². The van der Waals surface area contributed by atoms with E-state index in [0.717, 1.165) is 19.3 Å². The molecule has 1 fully saturated rings. The van der Waals surface area contributed by atoms with E-state index >= 15 is 0 Å². The Labute approximate surface area is 99.2 Å². The average Bonchev–Trinajstić information content (AvgIpc) is 2.45. The van der Waals surface area contributed by atoms with Crippen molar-refractivity contribution in [3.8, 4) is 0 Å². The van der Waals surface area contributed by atoms with Crippen molar-refractivity contribution in [2.24, 2.45) is 11.1 Å². The van der Waals surface area contributed by atoms with E-state index in [9.17, 15) is 4.79 Å². The second-order valence-electron chi connectivity index (χ2n) is 5.87. The Morgan fingerprint density at radius 2 is 2.25 bits per heavy atom. The number of amides is 1. The van der Waals surface area contributed by atoms with Crippen LogP contribution in [0.3, 0.4) is 0 Å². The fraction of sp³-hybridized carbons (Fsp3) is 0.923. The first-order valence-electron chi connectivity index (χ1n) is 6.47. The first-order chi connectivity index (χ1) is 7.42. The molecule has 0 saturated heterocycles. The van der Waals surface area contributed by atoms with Crippen LogP contribution in [-0.2, 0) is 4.79 Å². The predicted octanol–water partition coefficient (Wildman–Crippen LogP) is 2.20. The molecule has 1 rings (SSSR count). The van der Waals surface area contributed by atoms with Gasteiger partial charge in [-0.1, -0.05) is 20.3 Å². The SMILES string of the molecule is CC(N)CCCC(=O)NC1CCCC1(C)C. The van der Waals surface area contributed by atoms with E-state index in [1.54, 1.807) is 0 Å². The van der Waals surface area contributed by atoms with Gasteiger partial charge in [0.05, 0.1) is 0 Å². The molecule has 1 amide bonds. The molecule has 1 saturated carbocycles. The Hall–Kier alpha value is -0.570. The second-order valence-corrected chi connectivity index (χ2v) is 5.87. The Balaban J connectivity index is 2.24. The van der Waals surface area contributed by atoms with Gasteiger partial charge in [0, 0.05) is 18.5 Å². The maximum absolute atomic E-state index is 11.7. The van der Waals surface area contributed by atoms with Gasteiger partial charge in [-0.2, -0.15) is 0 Å². The van der Waals surface area contributed by atoms with Gasteiger partial charge in [0.15, 0.2) is 0 Å². The van der Waals surface area contributed by atoms with Crippen LogP contribution in [0.25, 0.3) is 0 Å². The molecule has 0 aliphatic heterocycles. The summed E-state index contributed by atoms with van der Waals surface area (Å²) in [6.07, 6.45) is 6.04. The molecule has 0 heterocycles. The number of carbonyl (C=O) groups excluding carboxylic acids is 1. The van der Waals surface area contributed by atoms with Crippen molar-refractivity contribution in [3.05, 3.63) is 0 Å². The number of hydrogen-bond acceptors (Lipinski definition) is 2. The van der Waals surface area contributed by atoms with Gasteiger partial charge < -0.3 is 11.1 Å². The number of carbonyl (C=O) groups is 1. The fourth-order valence-corrected chi connectivity index (χ4v) is 2.45. The van der Waals surface area contributed by atoms with E-state index in [1.807, 2.05) is 6.92 Å². The summed E-state index contributed by atoms with van der Waals surface area (Å²) in [5.74, 6) is 0.195. The molecule has 16 heavy (non-hydrogen) atoms. The lowest BCUT2D eigenvalue weighted by Gasteiger charge is -2.27. The maximum Gasteiger partial charge on any atom is 0.220 e. The molecule has 0 radical (unpaired) electrons. The fourth-order valence-electron chi connectivity index (χ4n) is 2.45. The van der Waals surface area contributed by atoms with Crippen molar-refractivity contribution in [1.82, 2.24) is 5.32 Å². The molecule has 0 aromatic heterocycles. The molecule has 1 aliphatic rings. The molecule has 0 aromatic rings. The molecule has 0 spiro atoms. The molecule has 3 N–H and O–H groups in total. The monoisotopic (exact) mass is 226 g/mol. The molecular formula is C13H26N2O. The summed E-state index contributed by atoms with van der Waals surface area (Å²) in [4.78, 5) is 11.7. The van der Waals surface area contributed by atoms with Gasteiger partial charge in [-0.05, 0) is 38.0 Å². The van der Waals surface area contributed by atoms with Crippen molar-refractivity contribution >= 4 is 5.91 Å². The van der Waals surface area contributed by atoms with Crippen molar-refractivity contribution in [1.29, 1.82) is 0 Å². The van der Waals surface area contributed by atoms with Crippen LogP contribution in [0.1, 0.15) is 59.3 Å². The minimum absolute atomic E-state index is 0.195. The Morgan fingerprint density at radius 1 is 1.56 bits per heavy atom. The zero-order chi connectivity index (χ0) is 12.2. The van der Waals surface area contributed by atoms with Crippen LogP contribution in [0, 0.1) is 5.41 Å². The van der Waals surface area contributed by atoms with Gasteiger partial charge in [0.2, 0.25) is 5.91 Å². The lowest BCUT2D eigenvalue weighted by molar-refractivity contribution is -0.122. The third-order valence-electron chi connectivity index (χ3n) is 3.66. The van der Waals surface area contributed by atoms with Crippen LogP contribution in [0.5, 0.6) is 0 Å². The number of nitrogens with two attached hydrogens (primary N) is 1. The van der Waals surface area contributed by atoms with Gasteiger partial charge in [-0.25, -0.2) is 0 Å². The number of rotatable bonds is 5. The van der Waals surface area contributed by atoms with Crippen molar-refractivity contribution in [2.45, 2.75) is 71.4 Å². The largest absolute Gasteiger partial charge is 0.353 e. The summed E-state index contributed by atoms with van der Waals surface area (Å²) in [6, 6.07) is 0.575. The smallest absolute Gasteiger partial charge is 0.220 e. The first-order valence-corrected chi connectivity index (χ1v) is 6.47. The van der Waals surface area contributed by atoms with Gasteiger partial charge in [0.25, 0.3) is 0 Å². The van der Waals surface area contributed by atoms with E-state index in [4.69, 9.17) is 5.73 Å². The molecule has 0 bridgehead atoms. The van der Waals surface area contributed by atoms with E-state index in [2.05, 4.69) is 19.2 Å². The molecule has 1 aliphatic carbocycles. The summed E-state index contributed by atoms with van der Waals surface area (Å²) in [6.45, 7) is 6.47. The van der Waals surface area contributed by atoms with Gasteiger partial charge in [0.1, 0.15) is 0 Å². The topological polar surface area (TPSA) is 55.1 Å². The van der Waals surface area contributed by atoms with Crippen LogP contribution in [0.15, 0.2) is 0 Å². The summed E-state index contributed by atoms with van der Waals surface area (Å²) in [5.41, 5.74) is 5.93. The quantitative estimate of drug-likeness (QED) is 0.755. The molecule has 0 aromatic carbocycles. The summed E-state index contributed by atoms with van der Waals surface area (Å²) in [7, 11) is 0. The molecule has 3 heteroatoms. The highest BCUT2D eigenvalue weighted by Crippen LogP contribution is 2.37. The third kappa shape index (κ3) is 4.12. The van der Waals surface area contributed by atoms with Crippen LogP contribution < -0.4 is 11.1 Å². The summed E-state index contributed by atoms with van der Waals surface area (Å²) < 4.78 is 0. The highest BCUT2D eigenvalue weighted by atomic mass is 16.1. The Morgan fingerprint density at radius 3 is 2.75 bits per heavy atom. The van der Waals surface area contributed by atoms with E-state index < -0.39 is 0 Å². The van der Waals surface area contributed by atoms with E-state index in [1.165, 1.54) is 12.8 Å². The minimum Gasteiger partial charge on any atom is -0.353 e. The molecule has 2 atom stereocenters. The molecular weight excluding hydrogens is 200 g/mol. The van der Waals surface area contributed by atoms with Crippen molar-refractivity contribution in [2.75, 3.05) is 0 Å². The van der Waals surface area contributed by atoms with Crippen molar-refractivity contribution in [3.63, 3.8) is 0 Å². The van der Waals surface area contributed by atoms with E-state index in [0.29, 0.717) is 12.5 Å². The van der Waals surface area contributed by atoms with Crippen molar-refractivity contribution < 1.29 is 4.79 Å². The Kier molecular flexibility index (Phi) is 4.78. The normalized spacial score (nSPS) is 25.4. The van der Waals surface area contributed by atoms with Gasteiger partial charge >= 0.3 is 0 Å². The predicted molar refractivity (Wildman–Crippen MR) is 67.1 cm³/mol. The molecule has 94 valence electrons. The summed E-state index contributed by atoms with van der Waals surface area (Å²) >= 11 is 0. The lowest BCUT2D eigenvalue weighted by Crippen LogP contribution is -2.41. The van der Waals surface area contributed by atoms with Crippen LogP contribution >= 0.6 is 0 Å². The standard InChI is InChI=1S/C13H26N2O/c1-10(14)6-4-8-12(16)15-11-7-5-9-13(11,2)3/h10-11H,4-9,14H2,1-3H3,(H,15,16). The zero-order valence-electron chi connectivity index (χ0n) is 10.9. The van der Waals surface area contributed by atoms with Gasteiger partial charge in [-0.15, -0.1) is 0 Å². The third-order valence-corrected chi connectivity index (χ3v) is 3.66. The highest BCUT2D eigenvalue weighted by Gasteiger charge is 2.35. The average molecular weight is 226 g/mol. The second kappa shape index (κ2) is 5.67. The number of nitrogens with one attached hydrogen (secondary N) is 1. The zero-order valence-corrected chi connectivity index (χ0v) is 10.9. The number of hydrogen-bond donors (Lipinski definition) is 2. The molecule has 3 nitrogen and oxygen atoms in total. The molecule has 2 unspecified atom stereocenters. The summed E-state index contributed by atoms with van der Waals surface area (Å²) in [5, 5.41) is 3.16. The first kappa shape index (κ1) is 13.5. The minimum atomic E-state index is 0.195. The Bertz CT molecular complexity index is 236. The van der Waals surface area contributed by atoms with Crippen LogP contribution in [-0.4, -0.2) is 18.0 Å². The highest BCUT2D eigenvalue weighted by molar-refractivity contribution is 5.76. The van der Waals surface area contributed by atoms with Crippen LogP contribution in [0.4, 0.5) is 0 Å². The lowest BCUT2D eigenvalue weighted by atomic mass is 9.87. The van der Waals surface area contributed by atoms with E-state index in [-0.39, 0.29) is 17.4 Å². The van der Waals surface area contributed by atoms with Gasteiger partial charge in [-0.3, -0.25) is 4.79 Å². The maximum atomic E-state index is 11.7.